The molecule has 1 aliphatic heterocycles. The van der Waals surface area contributed by atoms with Crippen LogP contribution in [0.5, 0.6) is 0 Å². The van der Waals surface area contributed by atoms with Gasteiger partial charge in [0.2, 0.25) is 0 Å². The Morgan fingerprint density at radius 2 is 1.84 bits per heavy atom. The van der Waals surface area contributed by atoms with Gasteiger partial charge in [-0.25, -0.2) is 9.78 Å². The maximum Gasteiger partial charge on any atom is 0.335 e. The summed E-state index contributed by atoms with van der Waals surface area (Å²) in [7, 11) is 0. The highest BCUT2D eigenvalue weighted by Crippen LogP contribution is 2.27. The Morgan fingerprint density at radius 3 is 2.42 bits per heavy atom. The van der Waals surface area contributed by atoms with E-state index < -0.39 is 5.97 Å². The Balaban J connectivity index is 1.95. The number of hydrogen-bond donors (Lipinski definition) is 1. The lowest BCUT2D eigenvalue weighted by Gasteiger charge is -2.17. The lowest BCUT2D eigenvalue weighted by atomic mass is 10.1. The van der Waals surface area contributed by atoms with Gasteiger partial charge in [-0.05, 0) is 30.2 Å². The van der Waals surface area contributed by atoms with Crippen molar-refractivity contribution >= 4 is 11.8 Å². The topological polar surface area (TPSA) is 53.4 Å². The van der Waals surface area contributed by atoms with Crippen LogP contribution in [0, 0.1) is 6.92 Å². The smallest absolute Gasteiger partial charge is 0.335 e. The lowest BCUT2D eigenvalue weighted by molar-refractivity contribution is 0.0696. The van der Waals surface area contributed by atoms with Gasteiger partial charge in [-0.15, -0.1) is 0 Å². The van der Waals surface area contributed by atoms with E-state index in [4.69, 9.17) is 5.11 Å². The molecule has 0 fully saturated rings. The maximum atomic E-state index is 11.1. The summed E-state index contributed by atoms with van der Waals surface area (Å²) in [4.78, 5) is 17.6. The molecule has 0 amide bonds. The largest absolute Gasteiger partial charge is 0.478 e. The van der Waals surface area contributed by atoms with Crippen LogP contribution in [-0.4, -0.2) is 16.1 Å². The van der Waals surface area contributed by atoms with E-state index in [1.807, 2.05) is 19.1 Å². The summed E-state index contributed by atoms with van der Waals surface area (Å²) in [5, 5.41) is 9.10. The fourth-order valence-electron chi connectivity index (χ4n) is 2.43. The van der Waals surface area contributed by atoms with Gasteiger partial charge in [0.25, 0.3) is 0 Å². The number of fused-ring (bicyclic) bond motifs is 1. The molecular weight excluding hydrogens is 240 g/mol. The standard InChI is InChI=1S/C15H14N2O2/c1-10-6-13(15(18)19)7-14(16-10)17-8-11-4-2-3-5-12(11)9-17/h2-7H,8-9H2,1H3,(H,18,19). The minimum absolute atomic E-state index is 0.290. The number of aromatic carboxylic acids is 1. The van der Waals surface area contributed by atoms with Gasteiger partial charge in [0.05, 0.1) is 5.56 Å². The number of carboxylic acid groups (broad SMARTS) is 1. The van der Waals surface area contributed by atoms with Crippen molar-refractivity contribution in [2.24, 2.45) is 0 Å². The molecule has 19 heavy (non-hydrogen) atoms. The molecule has 2 heterocycles. The summed E-state index contributed by atoms with van der Waals surface area (Å²) >= 11 is 0. The van der Waals surface area contributed by atoms with Crippen molar-refractivity contribution in [3.63, 3.8) is 0 Å². The Hall–Kier alpha value is -2.36. The van der Waals surface area contributed by atoms with Gasteiger partial charge < -0.3 is 10.0 Å². The first kappa shape index (κ1) is 11.7. The number of hydrogen-bond acceptors (Lipinski definition) is 3. The summed E-state index contributed by atoms with van der Waals surface area (Å²) in [6, 6.07) is 11.5. The fraction of sp³-hybridized carbons (Fsp3) is 0.200. The minimum atomic E-state index is -0.913. The molecule has 4 heteroatoms. The Kier molecular flexibility index (Phi) is 2.71. The van der Waals surface area contributed by atoms with Gasteiger partial charge in [-0.1, -0.05) is 24.3 Å². The zero-order valence-electron chi connectivity index (χ0n) is 10.6. The van der Waals surface area contributed by atoms with E-state index in [0.29, 0.717) is 5.56 Å². The Bertz CT molecular complexity index is 627. The summed E-state index contributed by atoms with van der Waals surface area (Å²) in [6.07, 6.45) is 0. The van der Waals surface area contributed by atoms with Crippen LogP contribution < -0.4 is 4.90 Å². The second-order valence-corrected chi connectivity index (χ2v) is 4.79. The van der Waals surface area contributed by atoms with Gasteiger partial charge in [0, 0.05) is 18.8 Å². The number of pyridine rings is 1. The molecule has 0 saturated carbocycles. The quantitative estimate of drug-likeness (QED) is 0.895. The van der Waals surface area contributed by atoms with Crippen molar-refractivity contribution < 1.29 is 9.90 Å². The zero-order valence-corrected chi connectivity index (χ0v) is 10.6. The van der Waals surface area contributed by atoms with Gasteiger partial charge in [0.15, 0.2) is 0 Å². The first-order valence-electron chi connectivity index (χ1n) is 6.17. The normalized spacial score (nSPS) is 13.4. The van der Waals surface area contributed by atoms with Gasteiger partial charge in [-0.2, -0.15) is 0 Å². The predicted molar refractivity (Wildman–Crippen MR) is 72.3 cm³/mol. The highest BCUT2D eigenvalue weighted by Gasteiger charge is 2.20. The van der Waals surface area contributed by atoms with E-state index in [0.717, 1.165) is 24.6 Å². The van der Waals surface area contributed by atoms with E-state index in [1.54, 1.807) is 12.1 Å². The summed E-state index contributed by atoms with van der Waals surface area (Å²) in [6.45, 7) is 3.39. The Labute approximate surface area is 111 Å². The zero-order chi connectivity index (χ0) is 13.4. The molecule has 0 bridgehead atoms. The summed E-state index contributed by atoms with van der Waals surface area (Å²) < 4.78 is 0. The molecule has 0 unspecified atom stereocenters. The van der Waals surface area contributed by atoms with Crippen LogP contribution in [0.2, 0.25) is 0 Å². The number of anilines is 1. The van der Waals surface area contributed by atoms with Crippen LogP contribution in [0.25, 0.3) is 0 Å². The molecular formula is C15H14N2O2. The monoisotopic (exact) mass is 254 g/mol. The molecule has 1 aromatic carbocycles. The van der Waals surface area contributed by atoms with E-state index in [2.05, 4.69) is 22.0 Å². The molecule has 4 nitrogen and oxygen atoms in total. The maximum absolute atomic E-state index is 11.1. The number of rotatable bonds is 2. The molecule has 0 radical (unpaired) electrons. The summed E-state index contributed by atoms with van der Waals surface area (Å²) in [5.74, 6) is -0.183. The van der Waals surface area contributed by atoms with Crippen molar-refractivity contribution in [1.29, 1.82) is 0 Å². The molecule has 3 rings (SSSR count). The number of benzene rings is 1. The van der Waals surface area contributed by atoms with Crippen LogP contribution in [-0.2, 0) is 13.1 Å². The number of nitrogens with zero attached hydrogens (tertiary/aromatic N) is 2. The van der Waals surface area contributed by atoms with Crippen LogP contribution in [0.1, 0.15) is 27.2 Å². The number of aromatic nitrogens is 1. The predicted octanol–water partition coefficient (Wildman–Crippen LogP) is 2.61. The molecule has 1 aliphatic rings. The van der Waals surface area contributed by atoms with Crippen molar-refractivity contribution in [2.75, 3.05) is 4.90 Å². The molecule has 0 saturated heterocycles. The average molecular weight is 254 g/mol. The van der Waals surface area contributed by atoms with Crippen molar-refractivity contribution in [3.05, 3.63) is 58.8 Å². The van der Waals surface area contributed by atoms with Crippen LogP contribution in [0.3, 0.4) is 0 Å². The number of carbonyl (C=O) groups is 1. The minimum Gasteiger partial charge on any atom is -0.478 e. The average Bonchev–Trinajstić information content (AvgIpc) is 2.81. The van der Waals surface area contributed by atoms with Gasteiger partial charge in [-0.3, -0.25) is 0 Å². The van der Waals surface area contributed by atoms with Gasteiger partial charge in [0.1, 0.15) is 5.82 Å². The molecule has 0 spiro atoms. The fourth-order valence-corrected chi connectivity index (χ4v) is 2.43. The van der Waals surface area contributed by atoms with Gasteiger partial charge >= 0.3 is 5.97 Å². The first-order valence-corrected chi connectivity index (χ1v) is 6.17. The summed E-state index contributed by atoms with van der Waals surface area (Å²) in [5.41, 5.74) is 3.58. The third kappa shape index (κ3) is 2.17. The van der Waals surface area contributed by atoms with E-state index >= 15 is 0 Å². The van der Waals surface area contributed by atoms with E-state index in [1.165, 1.54) is 11.1 Å². The molecule has 0 atom stereocenters. The van der Waals surface area contributed by atoms with E-state index in [-0.39, 0.29) is 0 Å². The van der Waals surface area contributed by atoms with Crippen molar-refractivity contribution in [1.82, 2.24) is 4.98 Å². The second kappa shape index (κ2) is 4.39. The first-order chi connectivity index (χ1) is 9.13. The highest BCUT2D eigenvalue weighted by atomic mass is 16.4. The van der Waals surface area contributed by atoms with Crippen LogP contribution >= 0.6 is 0 Å². The Morgan fingerprint density at radius 1 is 1.21 bits per heavy atom. The van der Waals surface area contributed by atoms with Crippen molar-refractivity contribution in [2.45, 2.75) is 20.0 Å². The molecule has 0 aliphatic carbocycles. The van der Waals surface area contributed by atoms with Crippen LogP contribution in [0.15, 0.2) is 36.4 Å². The SMILES string of the molecule is Cc1cc(C(=O)O)cc(N2Cc3ccccc3C2)n1. The third-order valence-electron chi connectivity index (χ3n) is 3.35. The number of carboxylic acids is 1. The molecule has 96 valence electrons. The van der Waals surface area contributed by atoms with Crippen molar-refractivity contribution in [3.8, 4) is 0 Å². The second-order valence-electron chi connectivity index (χ2n) is 4.79. The van der Waals surface area contributed by atoms with Crippen LogP contribution in [0.4, 0.5) is 5.82 Å². The molecule has 1 N–H and O–H groups in total. The van der Waals surface area contributed by atoms with E-state index in [9.17, 15) is 4.79 Å². The third-order valence-corrected chi connectivity index (χ3v) is 3.35. The molecule has 2 aromatic rings. The molecule has 1 aromatic heterocycles. The lowest BCUT2D eigenvalue weighted by Crippen LogP contribution is -2.17. The number of aryl methyl sites for hydroxylation is 1. The highest BCUT2D eigenvalue weighted by molar-refractivity contribution is 5.88.